The van der Waals surface area contributed by atoms with E-state index in [2.05, 4.69) is 28.2 Å². The summed E-state index contributed by atoms with van der Waals surface area (Å²) in [6.45, 7) is 6.21. The Kier molecular flexibility index (Phi) is 6.03. The second kappa shape index (κ2) is 8.73. The first kappa shape index (κ1) is 21.4. The molecule has 4 rings (SSSR count). The molecule has 0 radical (unpaired) electrons. The average Bonchev–Trinajstić information content (AvgIpc) is 3.24. The van der Waals surface area contributed by atoms with E-state index in [1.54, 1.807) is 12.3 Å². The van der Waals surface area contributed by atoms with Crippen LogP contribution < -0.4 is 10.2 Å². The summed E-state index contributed by atoms with van der Waals surface area (Å²) < 4.78 is 5.80. The average molecular weight is 440 g/mol. The second-order valence-electron chi connectivity index (χ2n) is 7.99. The monoisotopic (exact) mass is 439 g/mol. The molecule has 0 saturated carbocycles. The minimum atomic E-state index is -0.433. The van der Waals surface area contributed by atoms with Gasteiger partial charge in [0.05, 0.1) is 29.6 Å². The number of pyridine rings is 1. The first-order valence-electron chi connectivity index (χ1n) is 10.3. The van der Waals surface area contributed by atoms with E-state index in [4.69, 9.17) is 10.00 Å². The van der Waals surface area contributed by atoms with Gasteiger partial charge in [0.25, 0.3) is 5.91 Å². The highest BCUT2D eigenvalue weighted by Crippen LogP contribution is 2.32. The number of thioether (sulfide) groups is 1. The summed E-state index contributed by atoms with van der Waals surface area (Å²) in [6, 6.07) is 9.23. The summed E-state index contributed by atoms with van der Waals surface area (Å²) in [5.41, 5.74) is 2.05. The van der Waals surface area contributed by atoms with Gasteiger partial charge in [-0.2, -0.15) is 5.26 Å². The van der Waals surface area contributed by atoms with E-state index >= 15 is 0 Å². The fraction of sp³-hybridized carbons (Fsp3) is 0.455. The van der Waals surface area contributed by atoms with Crippen LogP contribution in [-0.4, -0.2) is 71.2 Å². The third-order valence-electron chi connectivity index (χ3n) is 5.63. The lowest BCUT2D eigenvalue weighted by Gasteiger charge is -2.48. The van der Waals surface area contributed by atoms with Gasteiger partial charge in [0.15, 0.2) is 0 Å². The van der Waals surface area contributed by atoms with Crippen molar-refractivity contribution in [2.75, 3.05) is 42.8 Å². The smallest absolute Gasteiger partial charge is 0.252 e. The highest BCUT2D eigenvalue weighted by molar-refractivity contribution is 7.99. The molecule has 31 heavy (non-hydrogen) atoms. The van der Waals surface area contributed by atoms with Crippen molar-refractivity contribution in [1.29, 1.82) is 5.26 Å². The first-order valence-corrected chi connectivity index (χ1v) is 11.4. The van der Waals surface area contributed by atoms with Crippen molar-refractivity contribution in [3.8, 4) is 6.07 Å². The second-order valence-corrected chi connectivity index (χ2v) is 8.99. The summed E-state index contributed by atoms with van der Waals surface area (Å²) in [5.74, 6) is 0.498. The fourth-order valence-electron chi connectivity index (χ4n) is 4.06. The number of amides is 2. The number of rotatable bonds is 6. The van der Waals surface area contributed by atoms with Gasteiger partial charge in [-0.1, -0.05) is 0 Å². The lowest BCUT2D eigenvalue weighted by atomic mass is 9.95. The maximum atomic E-state index is 12.9. The van der Waals surface area contributed by atoms with E-state index in [9.17, 15) is 9.59 Å². The molecule has 2 aliphatic rings. The highest BCUT2D eigenvalue weighted by Gasteiger charge is 2.39. The van der Waals surface area contributed by atoms with Crippen molar-refractivity contribution in [3.05, 3.63) is 36.0 Å². The van der Waals surface area contributed by atoms with E-state index < -0.39 is 6.04 Å². The van der Waals surface area contributed by atoms with Crippen LogP contribution in [0.15, 0.2) is 30.5 Å². The van der Waals surface area contributed by atoms with Gasteiger partial charge in [-0.15, -0.1) is 11.8 Å². The van der Waals surface area contributed by atoms with Gasteiger partial charge in [-0.05, 0) is 38.1 Å². The molecular formula is C22H25N5O3S. The zero-order valence-corrected chi connectivity index (χ0v) is 18.4. The molecule has 9 heteroatoms. The van der Waals surface area contributed by atoms with Gasteiger partial charge in [0.2, 0.25) is 5.91 Å². The third kappa shape index (κ3) is 4.31. The summed E-state index contributed by atoms with van der Waals surface area (Å²) >= 11 is 1.54. The Hall–Kier alpha value is -2.83. The summed E-state index contributed by atoms with van der Waals surface area (Å²) in [5, 5.41) is 12.6. The normalized spacial score (nSPS) is 19.7. The summed E-state index contributed by atoms with van der Waals surface area (Å²) in [7, 11) is 0. The Morgan fingerprint density at radius 2 is 2.19 bits per heavy atom. The SMILES string of the molecule is CCOC1(C)CN(c2ccc3nccc(C(=O)NCC(=O)N4CSCC4C#N)c3c2)C1. The van der Waals surface area contributed by atoms with Crippen LogP contribution in [0.25, 0.3) is 10.9 Å². The maximum Gasteiger partial charge on any atom is 0.252 e. The number of nitriles is 1. The molecular weight excluding hydrogens is 414 g/mol. The molecule has 8 nitrogen and oxygen atoms in total. The molecule has 0 aliphatic carbocycles. The van der Waals surface area contributed by atoms with Gasteiger partial charge in [0, 0.05) is 42.7 Å². The molecule has 1 aromatic carbocycles. The van der Waals surface area contributed by atoms with E-state index in [1.165, 1.54) is 16.7 Å². The van der Waals surface area contributed by atoms with Crippen LogP contribution >= 0.6 is 11.8 Å². The van der Waals surface area contributed by atoms with Gasteiger partial charge >= 0.3 is 0 Å². The van der Waals surface area contributed by atoms with Gasteiger partial charge in [-0.25, -0.2) is 0 Å². The Morgan fingerprint density at radius 1 is 1.39 bits per heavy atom. The van der Waals surface area contributed by atoms with Gasteiger partial charge in [-0.3, -0.25) is 14.6 Å². The molecule has 3 heterocycles. The van der Waals surface area contributed by atoms with E-state index in [1.807, 2.05) is 25.1 Å². The molecule has 162 valence electrons. The number of carbonyl (C=O) groups is 2. The van der Waals surface area contributed by atoms with Crippen molar-refractivity contribution in [3.63, 3.8) is 0 Å². The van der Waals surface area contributed by atoms with Crippen LogP contribution in [0.5, 0.6) is 0 Å². The van der Waals surface area contributed by atoms with Gasteiger partial charge in [0.1, 0.15) is 11.6 Å². The Morgan fingerprint density at radius 3 is 2.94 bits per heavy atom. The number of anilines is 1. The first-order chi connectivity index (χ1) is 14.9. The number of hydrogen-bond donors (Lipinski definition) is 1. The van der Waals surface area contributed by atoms with Crippen LogP contribution in [0.3, 0.4) is 0 Å². The Bertz CT molecular complexity index is 1050. The number of fused-ring (bicyclic) bond motifs is 1. The van der Waals surface area contributed by atoms with Gasteiger partial charge < -0.3 is 19.9 Å². The molecule has 0 spiro atoms. The minimum absolute atomic E-state index is 0.139. The molecule has 1 unspecified atom stereocenters. The zero-order chi connectivity index (χ0) is 22.0. The van der Waals surface area contributed by atoms with E-state index in [0.717, 1.165) is 29.7 Å². The van der Waals surface area contributed by atoms with Crippen molar-refractivity contribution in [2.45, 2.75) is 25.5 Å². The highest BCUT2D eigenvalue weighted by atomic mass is 32.2. The van der Waals surface area contributed by atoms with Crippen LogP contribution in [0.1, 0.15) is 24.2 Å². The number of hydrogen-bond acceptors (Lipinski definition) is 7. The number of nitrogens with zero attached hydrogens (tertiary/aromatic N) is 4. The standard InChI is InChI=1S/C22H25N5O3S/c1-3-30-22(2)12-26(13-22)15-4-5-19-18(8-15)17(6-7-24-19)21(29)25-10-20(28)27-14-31-11-16(27)9-23/h4-8,16H,3,10-14H2,1-2H3,(H,25,29). The lowest BCUT2D eigenvalue weighted by molar-refractivity contribution is -0.129. The minimum Gasteiger partial charge on any atom is -0.372 e. The predicted molar refractivity (Wildman–Crippen MR) is 120 cm³/mol. The number of ether oxygens (including phenoxy) is 1. The number of benzene rings is 1. The quantitative estimate of drug-likeness (QED) is 0.735. The summed E-state index contributed by atoms with van der Waals surface area (Å²) in [6.07, 6.45) is 1.59. The molecule has 2 saturated heterocycles. The Labute approximate surface area is 185 Å². The van der Waals surface area contributed by atoms with E-state index in [-0.39, 0.29) is 24.0 Å². The van der Waals surface area contributed by atoms with Crippen molar-refractivity contribution in [2.24, 2.45) is 0 Å². The van der Waals surface area contributed by atoms with Crippen molar-refractivity contribution >= 4 is 40.2 Å². The Balaban J connectivity index is 1.48. The molecule has 1 atom stereocenters. The number of carbonyl (C=O) groups excluding carboxylic acids is 2. The third-order valence-corrected chi connectivity index (χ3v) is 6.64. The lowest BCUT2D eigenvalue weighted by Crippen LogP contribution is -2.61. The molecule has 2 aliphatic heterocycles. The number of nitrogens with one attached hydrogen (secondary N) is 1. The fourth-order valence-corrected chi connectivity index (χ4v) is 5.16. The molecule has 2 fully saturated rings. The predicted octanol–water partition coefficient (Wildman–Crippen LogP) is 2.00. The zero-order valence-electron chi connectivity index (χ0n) is 17.6. The molecule has 1 N–H and O–H groups in total. The maximum absolute atomic E-state index is 12.9. The molecule has 2 aromatic rings. The van der Waals surface area contributed by atoms with Crippen LogP contribution in [0, 0.1) is 11.3 Å². The van der Waals surface area contributed by atoms with Crippen LogP contribution in [0.2, 0.25) is 0 Å². The summed E-state index contributed by atoms with van der Waals surface area (Å²) in [4.78, 5) is 33.4. The topological polar surface area (TPSA) is 98.6 Å². The van der Waals surface area contributed by atoms with Crippen molar-refractivity contribution < 1.29 is 14.3 Å². The number of aromatic nitrogens is 1. The molecule has 2 amide bonds. The molecule has 1 aromatic heterocycles. The molecule has 0 bridgehead atoms. The van der Waals surface area contributed by atoms with Crippen LogP contribution in [-0.2, 0) is 9.53 Å². The van der Waals surface area contributed by atoms with E-state index in [0.29, 0.717) is 23.8 Å². The largest absolute Gasteiger partial charge is 0.372 e. The van der Waals surface area contributed by atoms with Crippen LogP contribution in [0.4, 0.5) is 5.69 Å². The van der Waals surface area contributed by atoms with Crippen molar-refractivity contribution in [1.82, 2.24) is 15.2 Å².